The Bertz CT molecular complexity index is 708. The third-order valence-corrected chi connectivity index (χ3v) is 3.33. The van der Waals surface area contributed by atoms with E-state index in [1.807, 2.05) is 0 Å². The van der Waals surface area contributed by atoms with Crippen LogP contribution in [-0.4, -0.2) is 23.6 Å². The first-order valence-corrected chi connectivity index (χ1v) is 7.79. The molecule has 2 N–H and O–H groups in total. The van der Waals surface area contributed by atoms with Crippen molar-refractivity contribution in [3.8, 4) is 5.75 Å². The first-order chi connectivity index (χ1) is 11.5. The molecule has 0 saturated carbocycles. The maximum Gasteiger partial charge on any atom is 0.335 e. The summed E-state index contributed by atoms with van der Waals surface area (Å²) in [5, 5.41) is 11.7. The Morgan fingerprint density at radius 3 is 2.42 bits per heavy atom. The van der Waals surface area contributed by atoms with Crippen LogP contribution in [0.5, 0.6) is 5.75 Å². The zero-order valence-electron chi connectivity index (χ0n) is 13.8. The Hall–Kier alpha value is -2.82. The first-order valence-electron chi connectivity index (χ1n) is 7.79. The second kappa shape index (κ2) is 8.15. The highest BCUT2D eigenvalue weighted by molar-refractivity contribution is 5.94. The molecule has 0 spiro atoms. The smallest absolute Gasteiger partial charge is 0.335 e. The molecule has 0 aromatic heterocycles. The lowest BCUT2D eigenvalue weighted by atomic mass is 10.1. The van der Waals surface area contributed by atoms with Gasteiger partial charge >= 0.3 is 5.97 Å². The second-order valence-electron chi connectivity index (χ2n) is 5.92. The van der Waals surface area contributed by atoms with E-state index in [1.54, 1.807) is 42.5 Å². The molecule has 0 aliphatic heterocycles. The summed E-state index contributed by atoms with van der Waals surface area (Å²) in [5.74, 6) is -0.0322. The highest BCUT2D eigenvalue weighted by atomic mass is 16.5. The Kier molecular flexibility index (Phi) is 5.95. The minimum Gasteiger partial charge on any atom is -0.493 e. The van der Waals surface area contributed by atoms with Crippen molar-refractivity contribution in [2.45, 2.75) is 20.4 Å². The van der Waals surface area contributed by atoms with Gasteiger partial charge in [0.2, 0.25) is 0 Å². The Balaban J connectivity index is 1.92. The van der Waals surface area contributed by atoms with E-state index in [9.17, 15) is 9.59 Å². The van der Waals surface area contributed by atoms with E-state index in [2.05, 4.69) is 19.2 Å². The maximum atomic E-state index is 12.1. The number of nitrogens with one attached hydrogen (secondary N) is 1. The predicted molar refractivity (Wildman–Crippen MR) is 91.3 cm³/mol. The van der Waals surface area contributed by atoms with Crippen molar-refractivity contribution in [1.29, 1.82) is 0 Å². The Morgan fingerprint density at radius 1 is 1.08 bits per heavy atom. The summed E-state index contributed by atoms with van der Waals surface area (Å²) in [6.45, 7) is 5.04. The molecule has 0 atom stereocenters. The van der Waals surface area contributed by atoms with Gasteiger partial charge in [0.1, 0.15) is 5.75 Å². The van der Waals surface area contributed by atoms with Crippen LogP contribution in [0, 0.1) is 5.92 Å². The first kappa shape index (κ1) is 17.5. The van der Waals surface area contributed by atoms with Crippen molar-refractivity contribution >= 4 is 11.9 Å². The van der Waals surface area contributed by atoms with Gasteiger partial charge < -0.3 is 15.2 Å². The quantitative estimate of drug-likeness (QED) is 0.818. The summed E-state index contributed by atoms with van der Waals surface area (Å²) in [5.41, 5.74) is 1.47. The average molecular weight is 327 g/mol. The maximum absolute atomic E-state index is 12.1. The van der Waals surface area contributed by atoms with Crippen LogP contribution in [0.2, 0.25) is 0 Å². The summed E-state index contributed by atoms with van der Waals surface area (Å²) in [4.78, 5) is 23.1. The van der Waals surface area contributed by atoms with E-state index < -0.39 is 5.97 Å². The zero-order chi connectivity index (χ0) is 17.5. The van der Waals surface area contributed by atoms with E-state index >= 15 is 0 Å². The largest absolute Gasteiger partial charge is 0.493 e. The Morgan fingerprint density at radius 2 is 1.79 bits per heavy atom. The lowest BCUT2D eigenvalue weighted by Gasteiger charge is -2.10. The van der Waals surface area contributed by atoms with Gasteiger partial charge in [0.15, 0.2) is 0 Å². The second-order valence-corrected chi connectivity index (χ2v) is 5.92. The minimum absolute atomic E-state index is 0.202. The van der Waals surface area contributed by atoms with Crippen LogP contribution >= 0.6 is 0 Å². The van der Waals surface area contributed by atoms with Crippen LogP contribution < -0.4 is 10.1 Å². The standard InChI is InChI=1S/C19H21NO4/c1-13(2)12-24-17-8-6-15(7-9-17)18(21)20-11-14-4-3-5-16(10-14)19(22)23/h3-10,13H,11-12H2,1-2H3,(H,20,21)(H,22,23). The molecule has 2 aromatic rings. The van der Waals surface area contributed by atoms with E-state index in [4.69, 9.17) is 9.84 Å². The summed E-state index contributed by atoms with van der Waals surface area (Å²) in [6, 6.07) is 13.4. The van der Waals surface area contributed by atoms with Crippen LogP contribution in [0.1, 0.15) is 40.1 Å². The van der Waals surface area contributed by atoms with Crippen LogP contribution in [0.25, 0.3) is 0 Å². The van der Waals surface area contributed by atoms with E-state index in [0.29, 0.717) is 18.1 Å². The van der Waals surface area contributed by atoms with Gasteiger partial charge in [-0.25, -0.2) is 4.79 Å². The molecule has 5 heteroatoms. The summed E-state index contributed by atoms with van der Waals surface area (Å²) >= 11 is 0. The molecular formula is C19H21NO4. The van der Waals surface area contributed by atoms with Gasteiger partial charge in [0, 0.05) is 12.1 Å². The van der Waals surface area contributed by atoms with Gasteiger partial charge in [0.05, 0.1) is 12.2 Å². The van der Waals surface area contributed by atoms with Gasteiger partial charge in [-0.1, -0.05) is 26.0 Å². The molecule has 2 rings (SSSR count). The minimum atomic E-state index is -0.986. The molecule has 126 valence electrons. The van der Waals surface area contributed by atoms with E-state index in [1.165, 1.54) is 6.07 Å². The van der Waals surface area contributed by atoms with Crippen molar-refractivity contribution in [1.82, 2.24) is 5.32 Å². The van der Waals surface area contributed by atoms with Crippen molar-refractivity contribution in [3.05, 3.63) is 65.2 Å². The molecule has 1 amide bonds. The SMILES string of the molecule is CC(C)COc1ccc(C(=O)NCc2cccc(C(=O)O)c2)cc1. The molecule has 0 fully saturated rings. The van der Waals surface area contributed by atoms with Gasteiger partial charge in [-0.3, -0.25) is 4.79 Å². The summed E-state index contributed by atoms with van der Waals surface area (Å²) in [6.07, 6.45) is 0. The normalized spacial score (nSPS) is 10.5. The molecule has 0 aliphatic carbocycles. The van der Waals surface area contributed by atoms with Crippen molar-refractivity contribution in [2.75, 3.05) is 6.61 Å². The van der Waals surface area contributed by atoms with Crippen LogP contribution in [-0.2, 0) is 6.54 Å². The molecule has 5 nitrogen and oxygen atoms in total. The number of hydrogen-bond acceptors (Lipinski definition) is 3. The number of aromatic carboxylic acids is 1. The van der Waals surface area contributed by atoms with Crippen molar-refractivity contribution in [2.24, 2.45) is 5.92 Å². The van der Waals surface area contributed by atoms with E-state index in [-0.39, 0.29) is 18.0 Å². The third-order valence-electron chi connectivity index (χ3n) is 3.33. The molecule has 0 heterocycles. The highest BCUT2D eigenvalue weighted by Crippen LogP contribution is 2.13. The molecule has 0 bridgehead atoms. The van der Waals surface area contributed by atoms with Gasteiger partial charge in [-0.2, -0.15) is 0 Å². The monoisotopic (exact) mass is 327 g/mol. The molecule has 0 saturated heterocycles. The van der Waals surface area contributed by atoms with Crippen molar-refractivity contribution < 1.29 is 19.4 Å². The predicted octanol–water partition coefficient (Wildman–Crippen LogP) is 3.35. The number of benzene rings is 2. The average Bonchev–Trinajstić information content (AvgIpc) is 2.58. The number of amides is 1. The molecule has 24 heavy (non-hydrogen) atoms. The van der Waals surface area contributed by atoms with Gasteiger partial charge in [-0.15, -0.1) is 0 Å². The number of rotatable bonds is 7. The molecule has 0 unspecified atom stereocenters. The number of carboxylic acid groups (broad SMARTS) is 1. The highest BCUT2D eigenvalue weighted by Gasteiger charge is 2.07. The number of hydrogen-bond donors (Lipinski definition) is 2. The number of ether oxygens (including phenoxy) is 1. The fourth-order valence-corrected chi connectivity index (χ4v) is 2.06. The third kappa shape index (κ3) is 5.12. The molecule has 2 aromatic carbocycles. The molecular weight excluding hydrogens is 306 g/mol. The lowest BCUT2D eigenvalue weighted by Crippen LogP contribution is -2.22. The topological polar surface area (TPSA) is 75.6 Å². The van der Waals surface area contributed by atoms with Crippen LogP contribution in [0.4, 0.5) is 0 Å². The lowest BCUT2D eigenvalue weighted by molar-refractivity contribution is 0.0696. The fraction of sp³-hybridized carbons (Fsp3) is 0.263. The van der Waals surface area contributed by atoms with Gasteiger partial charge in [0.25, 0.3) is 5.91 Å². The van der Waals surface area contributed by atoms with E-state index in [0.717, 1.165) is 11.3 Å². The molecule has 0 radical (unpaired) electrons. The summed E-state index contributed by atoms with van der Waals surface area (Å²) in [7, 11) is 0. The van der Waals surface area contributed by atoms with Gasteiger partial charge in [-0.05, 0) is 47.9 Å². The number of carbonyl (C=O) groups excluding carboxylic acids is 1. The van der Waals surface area contributed by atoms with Crippen LogP contribution in [0.15, 0.2) is 48.5 Å². The van der Waals surface area contributed by atoms with Crippen molar-refractivity contribution in [3.63, 3.8) is 0 Å². The fourth-order valence-electron chi connectivity index (χ4n) is 2.06. The number of carbonyl (C=O) groups is 2. The number of carboxylic acids is 1. The zero-order valence-corrected chi connectivity index (χ0v) is 13.8. The van der Waals surface area contributed by atoms with Crippen LogP contribution in [0.3, 0.4) is 0 Å². The summed E-state index contributed by atoms with van der Waals surface area (Å²) < 4.78 is 5.58. The molecule has 0 aliphatic rings. The Labute approximate surface area is 141 Å².